The van der Waals surface area contributed by atoms with Crippen LogP contribution in [0.15, 0.2) is 18.2 Å². The maximum atomic E-state index is 4.24. The van der Waals surface area contributed by atoms with Gasteiger partial charge in [0.2, 0.25) is 5.13 Å². The van der Waals surface area contributed by atoms with Crippen molar-refractivity contribution in [2.24, 2.45) is 0 Å². The van der Waals surface area contributed by atoms with E-state index < -0.39 is 0 Å². The van der Waals surface area contributed by atoms with Gasteiger partial charge in [0.05, 0.1) is 0 Å². The highest BCUT2D eigenvalue weighted by Gasteiger charge is 2.20. The Labute approximate surface area is 124 Å². The Kier molecular flexibility index (Phi) is 3.61. The Balaban J connectivity index is 1.69. The lowest BCUT2D eigenvalue weighted by atomic mass is 10.1. The minimum absolute atomic E-state index is 1.02. The molecular formula is C15H20N4S. The molecule has 1 aliphatic rings. The minimum atomic E-state index is 1.02. The molecule has 1 aromatic heterocycles. The van der Waals surface area contributed by atoms with Crippen LogP contribution in [0.3, 0.4) is 0 Å². The Morgan fingerprint density at radius 1 is 0.950 bits per heavy atom. The molecule has 1 saturated heterocycles. The summed E-state index contributed by atoms with van der Waals surface area (Å²) < 4.78 is 0. The van der Waals surface area contributed by atoms with Gasteiger partial charge in [0, 0.05) is 31.9 Å². The van der Waals surface area contributed by atoms with E-state index in [4.69, 9.17) is 0 Å². The van der Waals surface area contributed by atoms with Gasteiger partial charge in [-0.15, -0.1) is 10.2 Å². The number of anilines is 2. The number of aromatic nitrogens is 2. The fraction of sp³-hybridized carbons (Fsp3) is 0.467. The molecule has 2 heterocycles. The standard InChI is InChI=1S/C15H20N4S/c1-11-4-5-14(12(2)10-11)18-6-8-19(9-7-18)15-17-16-13(3)20-15/h4-5,10H,6-9H2,1-3H3. The maximum Gasteiger partial charge on any atom is 0.208 e. The summed E-state index contributed by atoms with van der Waals surface area (Å²) in [5.41, 5.74) is 4.06. The molecule has 0 radical (unpaired) electrons. The van der Waals surface area contributed by atoms with Crippen LogP contribution in [0.25, 0.3) is 0 Å². The molecule has 1 aliphatic heterocycles. The number of piperazine rings is 1. The van der Waals surface area contributed by atoms with Crippen LogP contribution in [0.5, 0.6) is 0 Å². The Morgan fingerprint density at radius 3 is 2.25 bits per heavy atom. The molecule has 5 heteroatoms. The predicted octanol–water partition coefficient (Wildman–Crippen LogP) is 2.79. The fourth-order valence-electron chi connectivity index (χ4n) is 2.71. The topological polar surface area (TPSA) is 32.3 Å². The zero-order chi connectivity index (χ0) is 14.1. The first kappa shape index (κ1) is 13.4. The quantitative estimate of drug-likeness (QED) is 0.850. The van der Waals surface area contributed by atoms with Gasteiger partial charge in [-0.1, -0.05) is 29.0 Å². The van der Waals surface area contributed by atoms with Crippen LogP contribution in [-0.2, 0) is 0 Å². The number of rotatable bonds is 2. The molecule has 0 unspecified atom stereocenters. The molecule has 1 fully saturated rings. The average molecular weight is 288 g/mol. The number of benzene rings is 1. The van der Waals surface area contributed by atoms with Gasteiger partial charge in [-0.3, -0.25) is 0 Å². The molecule has 0 spiro atoms. The number of hydrogen-bond donors (Lipinski definition) is 0. The third kappa shape index (κ3) is 2.63. The van der Waals surface area contributed by atoms with E-state index in [1.807, 2.05) is 6.92 Å². The van der Waals surface area contributed by atoms with Crippen molar-refractivity contribution in [3.63, 3.8) is 0 Å². The van der Waals surface area contributed by atoms with Crippen molar-refractivity contribution in [3.05, 3.63) is 34.3 Å². The van der Waals surface area contributed by atoms with Gasteiger partial charge in [-0.05, 0) is 32.4 Å². The van der Waals surface area contributed by atoms with Gasteiger partial charge in [-0.2, -0.15) is 0 Å². The first-order chi connectivity index (χ1) is 9.63. The first-order valence-corrected chi connectivity index (χ1v) is 7.82. The largest absolute Gasteiger partial charge is 0.368 e. The summed E-state index contributed by atoms with van der Waals surface area (Å²) in [6.07, 6.45) is 0. The zero-order valence-electron chi connectivity index (χ0n) is 12.3. The van der Waals surface area contributed by atoms with E-state index in [-0.39, 0.29) is 0 Å². The van der Waals surface area contributed by atoms with Crippen molar-refractivity contribution in [2.45, 2.75) is 20.8 Å². The monoisotopic (exact) mass is 288 g/mol. The third-order valence-electron chi connectivity index (χ3n) is 3.76. The van der Waals surface area contributed by atoms with Crippen molar-refractivity contribution in [2.75, 3.05) is 36.0 Å². The summed E-state index contributed by atoms with van der Waals surface area (Å²) in [6.45, 7) is 10.5. The number of aryl methyl sites for hydroxylation is 3. The van der Waals surface area contributed by atoms with E-state index in [9.17, 15) is 0 Å². The van der Waals surface area contributed by atoms with Gasteiger partial charge in [0.25, 0.3) is 0 Å². The summed E-state index contributed by atoms with van der Waals surface area (Å²) in [5, 5.41) is 10.4. The van der Waals surface area contributed by atoms with E-state index in [0.29, 0.717) is 0 Å². The van der Waals surface area contributed by atoms with Crippen molar-refractivity contribution < 1.29 is 0 Å². The average Bonchev–Trinajstić information content (AvgIpc) is 2.86. The van der Waals surface area contributed by atoms with Crippen molar-refractivity contribution in [3.8, 4) is 0 Å². The van der Waals surface area contributed by atoms with Crippen molar-refractivity contribution >= 4 is 22.2 Å². The molecule has 0 N–H and O–H groups in total. The Morgan fingerprint density at radius 2 is 1.65 bits per heavy atom. The second kappa shape index (κ2) is 5.40. The summed E-state index contributed by atoms with van der Waals surface area (Å²) >= 11 is 1.68. The first-order valence-electron chi connectivity index (χ1n) is 7.01. The zero-order valence-corrected chi connectivity index (χ0v) is 13.1. The van der Waals surface area contributed by atoms with Crippen LogP contribution >= 0.6 is 11.3 Å². The third-order valence-corrected chi connectivity index (χ3v) is 4.66. The molecule has 3 rings (SSSR count). The van der Waals surface area contributed by atoms with E-state index in [1.165, 1.54) is 16.8 Å². The van der Waals surface area contributed by atoms with Crippen molar-refractivity contribution in [1.29, 1.82) is 0 Å². The van der Waals surface area contributed by atoms with Gasteiger partial charge < -0.3 is 9.80 Å². The van der Waals surface area contributed by atoms with E-state index >= 15 is 0 Å². The van der Waals surface area contributed by atoms with Crippen LogP contribution in [0.4, 0.5) is 10.8 Å². The van der Waals surface area contributed by atoms with Crippen LogP contribution < -0.4 is 9.80 Å². The molecule has 0 atom stereocenters. The highest BCUT2D eigenvalue weighted by molar-refractivity contribution is 7.15. The fourth-order valence-corrected chi connectivity index (χ4v) is 3.45. The smallest absolute Gasteiger partial charge is 0.208 e. The van der Waals surface area contributed by atoms with Gasteiger partial charge in [0.1, 0.15) is 5.01 Å². The second-order valence-corrected chi connectivity index (χ2v) is 6.53. The number of nitrogens with zero attached hydrogens (tertiary/aromatic N) is 4. The second-order valence-electron chi connectivity index (χ2n) is 5.37. The minimum Gasteiger partial charge on any atom is -0.368 e. The normalized spacial score (nSPS) is 15.8. The van der Waals surface area contributed by atoms with Crippen molar-refractivity contribution in [1.82, 2.24) is 10.2 Å². The maximum absolute atomic E-state index is 4.24. The molecule has 1 aromatic carbocycles. The summed E-state index contributed by atoms with van der Waals surface area (Å²) in [4.78, 5) is 4.81. The molecule has 0 saturated carbocycles. The van der Waals surface area contributed by atoms with Gasteiger partial charge >= 0.3 is 0 Å². The van der Waals surface area contributed by atoms with Crippen LogP contribution in [0.1, 0.15) is 16.1 Å². The molecule has 2 aromatic rings. The van der Waals surface area contributed by atoms with E-state index in [1.54, 1.807) is 11.3 Å². The van der Waals surface area contributed by atoms with Gasteiger partial charge in [-0.25, -0.2) is 0 Å². The van der Waals surface area contributed by atoms with Gasteiger partial charge in [0.15, 0.2) is 0 Å². The molecule has 20 heavy (non-hydrogen) atoms. The van der Waals surface area contributed by atoms with E-state index in [0.717, 1.165) is 36.3 Å². The Bertz CT molecular complexity index is 600. The predicted molar refractivity (Wildman–Crippen MR) is 85.0 cm³/mol. The molecule has 0 aliphatic carbocycles. The van der Waals surface area contributed by atoms with Crippen LogP contribution in [0.2, 0.25) is 0 Å². The lowest BCUT2D eigenvalue weighted by molar-refractivity contribution is 0.648. The molecule has 106 valence electrons. The Hall–Kier alpha value is -1.62. The lowest BCUT2D eigenvalue weighted by Crippen LogP contribution is -2.46. The number of hydrogen-bond acceptors (Lipinski definition) is 5. The summed E-state index contributed by atoms with van der Waals surface area (Å²) in [6, 6.07) is 6.70. The lowest BCUT2D eigenvalue weighted by Gasteiger charge is -2.36. The van der Waals surface area contributed by atoms with Crippen LogP contribution in [-0.4, -0.2) is 36.4 Å². The SMILES string of the molecule is Cc1ccc(N2CCN(c3nnc(C)s3)CC2)c(C)c1. The molecule has 0 amide bonds. The summed E-state index contributed by atoms with van der Waals surface area (Å²) in [5.74, 6) is 0. The van der Waals surface area contributed by atoms with E-state index in [2.05, 4.69) is 52.0 Å². The molecule has 4 nitrogen and oxygen atoms in total. The van der Waals surface area contributed by atoms with Crippen LogP contribution in [0, 0.1) is 20.8 Å². The summed E-state index contributed by atoms with van der Waals surface area (Å²) in [7, 11) is 0. The highest BCUT2D eigenvalue weighted by Crippen LogP contribution is 2.25. The highest BCUT2D eigenvalue weighted by atomic mass is 32.1. The molecule has 0 bridgehead atoms. The molecular weight excluding hydrogens is 268 g/mol.